The van der Waals surface area contributed by atoms with E-state index in [1.807, 2.05) is 102 Å². The van der Waals surface area contributed by atoms with Crippen molar-refractivity contribution in [3.63, 3.8) is 0 Å². The molecule has 0 radical (unpaired) electrons. The molecular formula is C44H41N7O3. The maximum absolute atomic E-state index is 13.7. The molecule has 0 spiro atoms. The summed E-state index contributed by atoms with van der Waals surface area (Å²) < 4.78 is 3.20. The van der Waals surface area contributed by atoms with Crippen molar-refractivity contribution in [1.29, 1.82) is 0 Å². The molecule has 0 bridgehead atoms. The molecule has 0 aliphatic rings. The van der Waals surface area contributed by atoms with E-state index in [-0.39, 0.29) is 24.5 Å². The summed E-state index contributed by atoms with van der Waals surface area (Å²) in [7, 11) is 0. The Bertz CT molecular complexity index is 2310. The van der Waals surface area contributed by atoms with Crippen molar-refractivity contribution < 1.29 is 9.90 Å². The number of hydrogen-bond donors (Lipinski definition) is 2. The molecule has 3 N–H and O–H groups in total. The molecule has 54 heavy (non-hydrogen) atoms. The fourth-order valence-corrected chi connectivity index (χ4v) is 7.23. The molecule has 0 saturated heterocycles. The largest absolute Gasteiger partial charge is 0.481 e. The minimum atomic E-state index is -1.01. The number of benzene rings is 5. The number of nitrogens with zero attached hydrogens (tertiary/aromatic N) is 6. The van der Waals surface area contributed by atoms with Gasteiger partial charge in [0.15, 0.2) is 5.82 Å². The van der Waals surface area contributed by atoms with Crippen molar-refractivity contribution in [2.24, 2.45) is 0 Å². The number of carboxylic acids is 1. The van der Waals surface area contributed by atoms with Crippen molar-refractivity contribution in [2.75, 3.05) is 5.73 Å². The summed E-state index contributed by atoms with van der Waals surface area (Å²) in [5.41, 5.74) is 12.9. The average molecular weight is 716 g/mol. The molecule has 7 rings (SSSR count). The normalized spacial score (nSPS) is 11.4. The van der Waals surface area contributed by atoms with Crippen molar-refractivity contribution in [3.8, 4) is 22.5 Å². The van der Waals surface area contributed by atoms with Gasteiger partial charge < -0.3 is 10.8 Å². The highest BCUT2D eigenvalue weighted by atomic mass is 16.4. The zero-order chi connectivity index (χ0) is 37.5. The first kappa shape index (κ1) is 35.7. The van der Waals surface area contributed by atoms with Crippen LogP contribution in [0.1, 0.15) is 59.7 Å². The van der Waals surface area contributed by atoms with Crippen LogP contribution in [0.25, 0.3) is 22.5 Å². The molecule has 7 aromatic rings. The second kappa shape index (κ2) is 15.9. The van der Waals surface area contributed by atoms with E-state index >= 15 is 0 Å². The monoisotopic (exact) mass is 715 g/mol. The smallest absolute Gasteiger partial charge is 0.305 e. The van der Waals surface area contributed by atoms with Crippen LogP contribution in [-0.2, 0) is 29.7 Å². The molecule has 0 unspecified atom stereocenters. The van der Waals surface area contributed by atoms with Gasteiger partial charge in [0, 0.05) is 24.1 Å². The fourth-order valence-electron chi connectivity index (χ4n) is 7.23. The van der Waals surface area contributed by atoms with Gasteiger partial charge >= 0.3 is 5.97 Å². The molecule has 2 heterocycles. The minimum absolute atomic E-state index is 0.0383. The highest BCUT2D eigenvalue weighted by Crippen LogP contribution is 2.43. The maximum atomic E-state index is 13.7. The lowest BCUT2D eigenvalue weighted by atomic mass is 9.77. The number of aryl methyl sites for hydroxylation is 1. The number of nitrogen functional groups attached to an aromatic ring is 1. The van der Waals surface area contributed by atoms with Gasteiger partial charge in [0.1, 0.15) is 5.54 Å². The Balaban J connectivity index is 1.31. The third-order valence-electron chi connectivity index (χ3n) is 9.87. The molecule has 0 amide bonds. The number of unbranched alkanes of at least 4 members (excludes halogenated alkanes) is 1. The van der Waals surface area contributed by atoms with Crippen LogP contribution >= 0.6 is 0 Å². The van der Waals surface area contributed by atoms with Crippen LogP contribution < -0.4 is 11.3 Å². The number of rotatable bonds is 14. The Kier molecular flexibility index (Phi) is 10.5. The number of aromatic nitrogens is 6. The minimum Gasteiger partial charge on any atom is -0.481 e. The lowest BCUT2D eigenvalue weighted by Gasteiger charge is -2.36. The van der Waals surface area contributed by atoms with Crippen LogP contribution in [0.15, 0.2) is 144 Å². The first-order chi connectivity index (χ1) is 26.4. The maximum Gasteiger partial charge on any atom is 0.305 e. The Morgan fingerprint density at radius 2 is 1.31 bits per heavy atom. The molecule has 2 aromatic heterocycles. The Morgan fingerprint density at radius 1 is 0.759 bits per heavy atom. The summed E-state index contributed by atoms with van der Waals surface area (Å²) >= 11 is 0. The second-order valence-electron chi connectivity index (χ2n) is 13.2. The van der Waals surface area contributed by atoms with Crippen LogP contribution in [0, 0.1) is 0 Å². The second-order valence-corrected chi connectivity index (χ2v) is 13.2. The highest BCUT2D eigenvalue weighted by molar-refractivity contribution is 5.81. The van der Waals surface area contributed by atoms with Gasteiger partial charge in [-0.25, -0.2) is 9.67 Å². The number of carbonyl (C=O) groups is 1. The number of nitrogens with two attached hydrogens (primary N) is 1. The Morgan fingerprint density at radius 3 is 1.87 bits per heavy atom. The number of carboxylic acid groups (broad SMARTS) is 1. The average Bonchev–Trinajstić information content (AvgIpc) is 3.70. The molecule has 0 atom stereocenters. The first-order valence-electron chi connectivity index (χ1n) is 18.2. The predicted octanol–water partition coefficient (Wildman–Crippen LogP) is 7.39. The van der Waals surface area contributed by atoms with Crippen LogP contribution in [-0.4, -0.2) is 40.8 Å². The highest BCUT2D eigenvalue weighted by Gasteiger charge is 2.42. The summed E-state index contributed by atoms with van der Waals surface area (Å²) in [4.78, 5) is 29.6. The van der Waals surface area contributed by atoms with E-state index in [4.69, 9.17) is 10.9 Å². The predicted molar refractivity (Wildman–Crippen MR) is 210 cm³/mol. The Labute approximate surface area is 313 Å². The third-order valence-corrected chi connectivity index (χ3v) is 9.87. The van der Waals surface area contributed by atoms with Crippen LogP contribution in [0.3, 0.4) is 0 Å². The van der Waals surface area contributed by atoms with Crippen molar-refractivity contribution in [2.45, 2.75) is 51.1 Å². The fraction of sp³-hybridized carbons (Fsp3) is 0.182. The summed E-state index contributed by atoms with van der Waals surface area (Å²) in [5, 5.41) is 23.0. The summed E-state index contributed by atoms with van der Waals surface area (Å²) in [5.74, 6) is -0.364. The Hall–Kier alpha value is -6.68. The molecule has 0 aliphatic carbocycles. The van der Waals surface area contributed by atoms with Gasteiger partial charge in [0.25, 0.3) is 5.56 Å². The van der Waals surface area contributed by atoms with Crippen molar-refractivity contribution in [3.05, 3.63) is 183 Å². The molecule has 5 aromatic carbocycles. The van der Waals surface area contributed by atoms with Crippen LogP contribution in [0.5, 0.6) is 0 Å². The van der Waals surface area contributed by atoms with E-state index in [9.17, 15) is 14.7 Å². The molecule has 0 fully saturated rings. The topological polar surface area (TPSA) is 142 Å². The lowest BCUT2D eigenvalue weighted by molar-refractivity contribution is -0.137. The summed E-state index contributed by atoms with van der Waals surface area (Å²) in [6, 6.07) is 47.1. The van der Waals surface area contributed by atoms with Gasteiger partial charge in [-0.15, -0.1) is 5.10 Å². The number of hydrogen-bond acceptors (Lipinski definition) is 7. The van der Waals surface area contributed by atoms with E-state index in [0.717, 1.165) is 51.8 Å². The molecular weight excluding hydrogens is 675 g/mol. The zero-order valence-corrected chi connectivity index (χ0v) is 30.0. The summed E-state index contributed by atoms with van der Waals surface area (Å²) in [6.45, 7) is 2.04. The quantitative estimate of drug-likeness (QED) is 0.111. The number of anilines is 1. The van der Waals surface area contributed by atoms with Crippen molar-refractivity contribution in [1.82, 2.24) is 29.8 Å². The van der Waals surface area contributed by atoms with Crippen LogP contribution in [0.4, 0.5) is 5.95 Å². The molecule has 0 aliphatic heterocycles. The standard InChI is InChI=1S/C44H41N7O3/c1-2-3-23-39-38(42(54)50(43(45)46-39)29-28-40(52)53)30-31-24-26-32(27-25-31)36-21-13-14-22-37(36)41-47-48-49-51(41)44(33-15-7-4-8-16-33,34-17-9-5-10-18-34)35-19-11-6-12-20-35/h4-22,24-27H,2-3,23,28-30H2,1H3,(H2,45,46)(H,52,53). The molecule has 0 saturated carbocycles. The van der Waals surface area contributed by atoms with E-state index in [2.05, 4.69) is 64.7 Å². The zero-order valence-electron chi connectivity index (χ0n) is 30.0. The van der Waals surface area contributed by atoms with E-state index in [1.165, 1.54) is 4.57 Å². The lowest BCUT2D eigenvalue weighted by Crippen LogP contribution is -2.39. The first-order valence-corrected chi connectivity index (χ1v) is 18.2. The number of tetrazole rings is 1. The molecule has 10 heteroatoms. The van der Waals surface area contributed by atoms with Gasteiger partial charge in [-0.2, -0.15) is 0 Å². The van der Waals surface area contributed by atoms with E-state index < -0.39 is 11.5 Å². The van der Waals surface area contributed by atoms with Crippen LogP contribution in [0.2, 0.25) is 0 Å². The van der Waals surface area contributed by atoms with Gasteiger partial charge in [-0.3, -0.25) is 14.2 Å². The number of aliphatic carboxylic acids is 1. The van der Waals surface area contributed by atoms with Gasteiger partial charge in [-0.05, 0) is 56.6 Å². The molecule has 10 nitrogen and oxygen atoms in total. The summed E-state index contributed by atoms with van der Waals surface area (Å²) in [6.07, 6.45) is 2.52. The van der Waals surface area contributed by atoms with Crippen molar-refractivity contribution >= 4 is 11.9 Å². The molecule has 270 valence electrons. The third kappa shape index (κ3) is 6.93. The van der Waals surface area contributed by atoms with Gasteiger partial charge in [-0.1, -0.05) is 153 Å². The van der Waals surface area contributed by atoms with E-state index in [1.54, 1.807) is 0 Å². The SMILES string of the molecule is CCCCc1nc(N)n(CCC(=O)O)c(=O)c1Cc1ccc(-c2ccccc2-c2nnnn2C(c2ccccc2)(c2ccccc2)c2ccccc2)cc1. The van der Waals surface area contributed by atoms with Gasteiger partial charge in [0.05, 0.1) is 12.1 Å². The van der Waals surface area contributed by atoms with E-state index in [0.29, 0.717) is 29.9 Å². The van der Waals surface area contributed by atoms with Gasteiger partial charge in [0.2, 0.25) is 5.95 Å².